The summed E-state index contributed by atoms with van der Waals surface area (Å²) in [7, 11) is 0. The van der Waals surface area contributed by atoms with Crippen LogP contribution < -0.4 is 0 Å². The Labute approximate surface area is 140 Å². The van der Waals surface area contributed by atoms with Crippen LogP contribution in [0.3, 0.4) is 0 Å². The second kappa shape index (κ2) is 7.62. The Morgan fingerprint density at radius 3 is 2.65 bits per heavy atom. The first-order valence-corrected chi connectivity index (χ1v) is 8.80. The number of aromatic nitrogens is 1. The molecule has 1 aromatic carbocycles. The van der Waals surface area contributed by atoms with Crippen molar-refractivity contribution in [2.24, 2.45) is 0 Å². The lowest BCUT2D eigenvalue weighted by atomic mass is 10.2. The maximum atomic E-state index is 12.5. The number of aliphatic hydroxyl groups excluding tert-OH is 1. The fourth-order valence-corrected chi connectivity index (χ4v) is 3.29. The van der Waals surface area contributed by atoms with Crippen molar-refractivity contribution in [1.29, 1.82) is 0 Å². The van der Waals surface area contributed by atoms with Crippen LogP contribution in [0.15, 0.2) is 53.7 Å². The molecule has 1 heterocycles. The van der Waals surface area contributed by atoms with Gasteiger partial charge in [-0.15, -0.1) is 11.8 Å². The molecule has 0 saturated heterocycles. The van der Waals surface area contributed by atoms with Crippen molar-refractivity contribution in [3.05, 3.63) is 59.9 Å². The second-order valence-corrected chi connectivity index (χ2v) is 6.68. The highest BCUT2D eigenvalue weighted by Crippen LogP contribution is 2.28. The van der Waals surface area contributed by atoms with E-state index in [9.17, 15) is 4.79 Å². The molecule has 0 bridgehead atoms. The Hall–Kier alpha value is -1.85. The number of hydrogen-bond acceptors (Lipinski definition) is 4. The predicted octanol–water partition coefficient (Wildman–Crippen LogP) is 2.97. The zero-order chi connectivity index (χ0) is 16.1. The maximum absolute atomic E-state index is 12.5. The van der Waals surface area contributed by atoms with Crippen LogP contribution in [0.1, 0.15) is 28.8 Å². The van der Waals surface area contributed by atoms with Crippen LogP contribution in [0.5, 0.6) is 0 Å². The lowest BCUT2D eigenvalue weighted by Gasteiger charge is -2.21. The highest BCUT2D eigenvalue weighted by Gasteiger charge is 2.32. The van der Waals surface area contributed by atoms with Gasteiger partial charge in [0.25, 0.3) is 5.91 Å². The van der Waals surface area contributed by atoms with Crippen LogP contribution in [0.4, 0.5) is 0 Å². The van der Waals surface area contributed by atoms with Crippen molar-refractivity contribution < 1.29 is 9.90 Å². The van der Waals surface area contributed by atoms with Crippen LogP contribution in [0, 0.1) is 0 Å². The molecule has 1 aliphatic rings. The monoisotopic (exact) mass is 328 g/mol. The van der Waals surface area contributed by atoms with Gasteiger partial charge in [0.15, 0.2) is 0 Å². The third-order valence-corrected chi connectivity index (χ3v) is 4.90. The largest absolute Gasteiger partial charge is 0.395 e. The molecule has 0 radical (unpaired) electrons. The lowest BCUT2D eigenvalue weighted by Crippen LogP contribution is -2.35. The summed E-state index contributed by atoms with van der Waals surface area (Å²) in [6, 6.07) is 12.0. The molecule has 0 unspecified atom stereocenters. The topological polar surface area (TPSA) is 53.4 Å². The van der Waals surface area contributed by atoms with Gasteiger partial charge >= 0.3 is 0 Å². The number of nitrogens with zero attached hydrogens (tertiary/aromatic N) is 2. The van der Waals surface area contributed by atoms with Gasteiger partial charge in [-0.25, -0.2) is 0 Å². The summed E-state index contributed by atoms with van der Waals surface area (Å²) in [5, 5.41) is 9.13. The molecule has 1 amide bonds. The minimum Gasteiger partial charge on any atom is -0.395 e. The minimum atomic E-state index is 0.0152. The third-order valence-electron chi connectivity index (χ3n) is 3.82. The molecule has 1 fully saturated rings. The molecular formula is C18H20N2O2S. The Balaban J connectivity index is 1.61. The summed E-state index contributed by atoms with van der Waals surface area (Å²) >= 11 is 1.73. The molecule has 1 saturated carbocycles. The maximum Gasteiger partial charge on any atom is 0.254 e. The predicted molar refractivity (Wildman–Crippen MR) is 91.4 cm³/mol. The van der Waals surface area contributed by atoms with E-state index in [1.165, 1.54) is 5.56 Å². The fraction of sp³-hybridized carbons (Fsp3) is 0.333. The first kappa shape index (κ1) is 16.0. The summed E-state index contributed by atoms with van der Waals surface area (Å²) in [6.45, 7) is 0.433. The van der Waals surface area contributed by atoms with E-state index in [0.717, 1.165) is 23.5 Å². The van der Waals surface area contributed by atoms with Gasteiger partial charge in [-0.1, -0.05) is 6.07 Å². The number of pyridine rings is 1. The number of aliphatic hydroxyl groups is 1. The van der Waals surface area contributed by atoms with Gasteiger partial charge < -0.3 is 10.0 Å². The van der Waals surface area contributed by atoms with Gasteiger partial charge in [-0.05, 0) is 48.7 Å². The molecule has 2 aromatic rings. The van der Waals surface area contributed by atoms with E-state index in [2.05, 4.69) is 11.1 Å². The molecule has 4 nitrogen and oxygen atoms in total. The van der Waals surface area contributed by atoms with Crippen LogP contribution in [-0.2, 0) is 5.75 Å². The zero-order valence-electron chi connectivity index (χ0n) is 12.9. The Kier molecular flexibility index (Phi) is 5.31. The number of benzene rings is 1. The number of rotatable bonds is 7. The summed E-state index contributed by atoms with van der Waals surface area (Å²) in [4.78, 5) is 19.5. The van der Waals surface area contributed by atoms with Gasteiger partial charge in [-0.2, -0.15) is 0 Å². The summed E-state index contributed by atoms with van der Waals surface area (Å²) in [5.41, 5.74) is 1.87. The van der Waals surface area contributed by atoms with E-state index in [-0.39, 0.29) is 12.5 Å². The first-order chi connectivity index (χ1) is 11.3. The van der Waals surface area contributed by atoms with E-state index in [4.69, 9.17) is 5.11 Å². The Morgan fingerprint density at radius 1 is 1.26 bits per heavy atom. The van der Waals surface area contributed by atoms with Crippen LogP contribution in [0.2, 0.25) is 0 Å². The van der Waals surface area contributed by atoms with E-state index in [0.29, 0.717) is 18.2 Å². The van der Waals surface area contributed by atoms with Crippen molar-refractivity contribution in [2.45, 2.75) is 29.5 Å². The summed E-state index contributed by atoms with van der Waals surface area (Å²) in [5.74, 6) is 0.880. The fourth-order valence-electron chi connectivity index (χ4n) is 2.45. The van der Waals surface area contributed by atoms with E-state index in [1.54, 1.807) is 22.9 Å². The zero-order valence-corrected chi connectivity index (χ0v) is 13.7. The quantitative estimate of drug-likeness (QED) is 0.794. The van der Waals surface area contributed by atoms with Crippen molar-refractivity contribution in [3.63, 3.8) is 0 Å². The van der Waals surface area contributed by atoms with Crippen LogP contribution in [-0.4, -0.2) is 40.1 Å². The van der Waals surface area contributed by atoms with Gasteiger partial charge in [0.2, 0.25) is 0 Å². The molecule has 0 aliphatic heterocycles. The highest BCUT2D eigenvalue weighted by atomic mass is 32.2. The van der Waals surface area contributed by atoms with Crippen molar-refractivity contribution in [2.75, 3.05) is 13.2 Å². The summed E-state index contributed by atoms with van der Waals surface area (Å²) < 4.78 is 0. The highest BCUT2D eigenvalue weighted by molar-refractivity contribution is 7.98. The third kappa shape index (κ3) is 4.33. The SMILES string of the molecule is O=C(c1ccc(SCc2cccnc2)cc1)N(CCO)C1CC1. The second-order valence-electron chi connectivity index (χ2n) is 5.63. The Morgan fingerprint density at radius 2 is 2.04 bits per heavy atom. The van der Waals surface area contributed by atoms with Crippen molar-refractivity contribution in [3.8, 4) is 0 Å². The minimum absolute atomic E-state index is 0.0152. The molecular weight excluding hydrogens is 308 g/mol. The van der Waals surface area contributed by atoms with Gasteiger partial charge in [0, 0.05) is 41.2 Å². The smallest absolute Gasteiger partial charge is 0.254 e. The lowest BCUT2D eigenvalue weighted by molar-refractivity contribution is 0.0707. The Bertz CT molecular complexity index is 642. The van der Waals surface area contributed by atoms with Crippen molar-refractivity contribution >= 4 is 17.7 Å². The van der Waals surface area contributed by atoms with E-state index in [1.807, 2.05) is 36.5 Å². The number of carbonyl (C=O) groups is 1. The molecule has 1 aliphatic carbocycles. The van der Waals surface area contributed by atoms with Crippen LogP contribution >= 0.6 is 11.8 Å². The van der Waals surface area contributed by atoms with Crippen molar-refractivity contribution in [1.82, 2.24) is 9.88 Å². The van der Waals surface area contributed by atoms with Gasteiger partial charge in [-0.3, -0.25) is 9.78 Å². The van der Waals surface area contributed by atoms with E-state index < -0.39 is 0 Å². The number of thioether (sulfide) groups is 1. The average Bonchev–Trinajstić information content (AvgIpc) is 3.43. The summed E-state index contributed by atoms with van der Waals surface area (Å²) in [6.07, 6.45) is 5.73. The average molecular weight is 328 g/mol. The van der Waals surface area contributed by atoms with Gasteiger partial charge in [0.05, 0.1) is 6.61 Å². The molecule has 3 rings (SSSR count). The molecule has 1 N–H and O–H groups in total. The molecule has 120 valence electrons. The van der Waals surface area contributed by atoms with E-state index >= 15 is 0 Å². The number of hydrogen-bond donors (Lipinski definition) is 1. The molecule has 0 atom stereocenters. The number of amides is 1. The molecule has 1 aromatic heterocycles. The molecule has 0 spiro atoms. The van der Waals surface area contributed by atoms with Crippen LogP contribution in [0.25, 0.3) is 0 Å². The number of carbonyl (C=O) groups excluding carboxylic acids is 1. The van der Waals surface area contributed by atoms with Gasteiger partial charge in [0.1, 0.15) is 0 Å². The first-order valence-electron chi connectivity index (χ1n) is 7.81. The standard InChI is InChI=1S/C18H20N2O2S/c21-11-10-20(16-5-6-16)18(22)15-3-7-17(8-4-15)23-13-14-2-1-9-19-12-14/h1-4,7-9,12,16,21H,5-6,10-11,13H2. The normalized spacial score (nSPS) is 13.8. The molecule has 5 heteroatoms. The molecule has 23 heavy (non-hydrogen) atoms.